The largest absolute Gasteiger partial charge is 0.468 e. The summed E-state index contributed by atoms with van der Waals surface area (Å²) in [6.07, 6.45) is -4.49. The number of hydrogen-bond acceptors (Lipinski definition) is 5. The molecule has 2 heterocycles. The molecule has 0 aliphatic rings. The minimum absolute atomic E-state index is 0.0953. The van der Waals surface area contributed by atoms with E-state index in [9.17, 15) is 22.8 Å². The first kappa shape index (κ1) is 17.0. The number of H-pyrrole nitrogens is 1. The molecule has 3 rings (SSSR count). The predicted octanol–water partition coefficient (Wildman–Crippen LogP) is 3.18. The lowest BCUT2D eigenvalue weighted by Crippen LogP contribution is -2.20. The standard InChI is InChI=1S/C15H10F3N3O3S/c16-15(17,18)7-24-12-3-1-2-10(20-12)13(22)19-8-4-5-9-11(6-8)25-14(23)21-9/h1-6H,7H2,(H,19,22)(H,21,23). The summed E-state index contributed by atoms with van der Waals surface area (Å²) >= 11 is 0.996. The van der Waals surface area contributed by atoms with Crippen molar-refractivity contribution in [3.05, 3.63) is 51.8 Å². The molecule has 6 nitrogen and oxygen atoms in total. The third-order valence-corrected chi connectivity index (χ3v) is 3.86. The molecular formula is C15H10F3N3O3S. The van der Waals surface area contributed by atoms with Crippen LogP contribution in [0.3, 0.4) is 0 Å². The number of pyridine rings is 1. The second-order valence-corrected chi connectivity index (χ2v) is 5.96. The number of aromatic amines is 1. The lowest BCUT2D eigenvalue weighted by molar-refractivity contribution is -0.154. The minimum Gasteiger partial charge on any atom is -0.468 e. The van der Waals surface area contributed by atoms with E-state index in [2.05, 4.69) is 20.0 Å². The molecule has 0 saturated heterocycles. The summed E-state index contributed by atoms with van der Waals surface area (Å²) in [7, 11) is 0. The number of rotatable bonds is 4. The molecule has 1 aromatic carbocycles. The van der Waals surface area contributed by atoms with Gasteiger partial charge in [-0.25, -0.2) is 4.98 Å². The maximum absolute atomic E-state index is 12.2. The number of carbonyl (C=O) groups excluding carboxylic acids is 1. The van der Waals surface area contributed by atoms with E-state index < -0.39 is 18.7 Å². The third kappa shape index (κ3) is 4.35. The number of halogens is 3. The molecule has 0 aliphatic carbocycles. The van der Waals surface area contributed by atoms with Crippen molar-refractivity contribution in [1.82, 2.24) is 9.97 Å². The van der Waals surface area contributed by atoms with Crippen molar-refractivity contribution >= 4 is 33.1 Å². The number of amides is 1. The quantitative estimate of drug-likeness (QED) is 0.740. The molecule has 0 saturated carbocycles. The molecule has 2 aromatic heterocycles. The van der Waals surface area contributed by atoms with Gasteiger partial charge in [-0.3, -0.25) is 9.59 Å². The van der Waals surface area contributed by atoms with Crippen molar-refractivity contribution in [3.8, 4) is 5.88 Å². The van der Waals surface area contributed by atoms with E-state index in [0.29, 0.717) is 15.9 Å². The number of anilines is 1. The van der Waals surface area contributed by atoms with Crippen LogP contribution in [0.2, 0.25) is 0 Å². The van der Waals surface area contributed by atoms with E-state index in [0.717, 1.165) is 11.3 Å². The van der Waals surface area contributed by atoms with Crippen LogP contribution in [0.25, 0.3) is 10.2 Å². The van der Waals surface area contributed by atoms with Crippen LogP contribution in [-0.4, -0.2) is 28.7 Å². The van der Waals surface area contributed by atoms with Crippen LogP contribution < -0.4 is 14.9 Å². The number of benzene rings is 1. The monoisotopic (exact) mass is 369 g/mol. The maximum atomic E-state index is 12.2. The average Bonchev–Trinajstić information content (AvgIpc) is 2.92. The first-order valence-electron chi connectivity index (χ1n) is 6.91. The molecule has 0 spiro atoms. The second-order valence-electron chi connectivity index (χ2n) is 4.94. The summed E-state index contributed by atoms with van der Waals surface area (Å²) in [6.45, 7) is -1.49. The van der Waals surface area contributed by atoms with Gasteiger partial charge in [0.05, 0.1) is 10.2 Å². The van der Waals surface area contributed by atoms with Crippen molar-refractivity contribution in [2.45, 2.75) is 6.18 Å². The van der Waals surface area contributed by atoms with Gasteiger partial charge in [-0.15, -0.1) is 0 Å². The Morgan fingerprint density at radius 1 is 1.28 bits per heavy atom. The van der Waals surface area contributed by atoms with Gasteiger partial charge in [-0.2, -0.15) is 13.2 Å². The van der Waals surface area contributed by atoms with Crippen LogP contribution in [0.5, 0.6) is 5.88 Å². The van der Waals surface area contributed by atoms with E-state index in [1.807, 2.05) is 0 Å². The maximum Gasteiger partial charge on any atom is 0.422 e. The highest BCUT2D eigenvalue weighted by Gasteiger charge is 2.28. The Labute approximate surface area is 142 Å². The van der Waals surface area contributed by atoms with Gasteiger partial charge in [-0.1, -0.05) is 17.4 Å². The van der Waals surface area contributed by atoms with Gasteiger partial charge in [0.2, 0.25) is 5.88 Å². The van der Waals surface area contributed by atoms with Crippen LogP contribution in [0.1, 0.15) is 10.5 Å². The van der Waals surface area contributed by atoms with Crippen LogP contribution in [0.4, 0.5) is 18.9 Å². The number of ether oxygens (including phenoxy) is 1. The van der Waals surface area contributed by atoms with Crippen molar-refractivity contribution in [1.29, 1.82) is 0 Å². The Kier molecular flexibility index (Phi) is 4.45. The summed E-state index contributed by atoms with van der Waals surface area (Å²) in [5, 5.41) is 2.57. The number of fused-ring (bicyclic) bond motifs is 1. The van der Waals surface area contributed by atoms with E-state index in [1.54, 1.807) is 18.2 Å². The highest BCUT2D eigenvalue weighted by Crippen LogP contribution is 2.21. The van der Waals surface area contributed by atoms with Crippen LogP contribution in [0, 0.1) is 0 Å². The Morgan fingerprint density at radius 2 is 2.08 bits per heavy atom. The zero-order chi connectivity index (χ0) is 18.0. The zero-order valence-electron chi connectivity index (χ0n) is 12.4. The van der Waals surface area contributed by atoms with Gasteiger partial charge in [0.15, 0.2) is 6.61 Å². The van der Waals surface area contributed by atoms with Crippen molar-refractivity contribution < 1.29 is 22.7 Å². The number of carbonyl (C=O) groups is 1. The van der Waals surface area contributed by atoms with Crippen molar-refractivity contribution in [2.75, 3.05) is 11.9 Å². The number of thiazole rings is 1. The molecule has 10 heteroatoms. The van der Waals surface area contributed by atoms with Gasteiger partial charge in [0, 0.05) is 11.8 Å². The van der Waals surface area contributed by atoms with E-state index in [1.165, 1.54) is 18.2 Å². The Morgan fingerprint density at radius 3 is 2.84 bits per heavy atom. The number of nitrogens with zero attached hydrogens (tertiary/aromatic N) is 1. The highest BCUT2D eigenvalue weighted by atomic mass is 32.1. The number of aromatic nitrogens is 2. The molecule has 2 N–H and O–H groups in total. The summed E-state index contributed by atoms with van der Waals surface area (Å²) in [4.78, 5) is 29.6. The van der Waals surface area contributed by atoms with E-state index >= 15 is 0 Å². The molecular weight excluding hydrogens is 359 g/mol. The topological polar surface area (TPSA) is 84.1 Å². The van der Waals surface area contributed by atoms with Crippen molar-refractivity contribution in [3.63, 3.8) is 0 Å². The van der Waals surface area contributed by atoms with Crippen LogP contribution >= 0.6 is 11.3 Å². The fourth-order valence-corrected chi connectivity index (χ4v) is 2.77. The molecule has 0 radical (unpaired) electrons. The fourth-order valence-electron chi connectivity index (χ4n) is 2.00. The summed E-state index contributed by atoms with van der Waals surface area (Å²) in [5.74, 6) is -0.913. The van der Waals surface area contributed by atoms with Crippen LogP contribution in [0.15, 0.2) is 41.2 Å². The third-order valence-electron chi connectivity index (χ3n) is 3.02. The molecule has 0 atom stereocenters. The molecule has 3 aromatic rings. The van der Waals surface area contributed by atoms with Gasteiger partial charge >= 0.3 is 11.0 Å². The van der Waals surface area contributed by atoms with Crippen molar-refractivity contribution in [2.24, 2.45) is 0 Å². The number of nitrogens with one attached hydrogen (secondary N) is 2. The zero-order valence-corrected chi connectivity index (χ0v) is 13.2. The lowest BCUT2D eigenvalue weighted by atomic mass is 10.2. The normalized spacial score (nSPS) is 11.5. The molecule has 25 heavy (non-hydrogen) atoms. The SMILES string of the molecule is O=C(Nc1ccc2[nH]c(=O)sc2c1)c1cccc(OCC(F)(F)F)n1. The summed E-state index contributed by atoms with van der Waals surface area (Å²) in [5.41, 5.74) is 0.979. The molecule has 0 fully saturated rings. The Balaban J connectivity index is 1.74. The first-order chi connectivity index (χ1) is 11.8. The Hall–Kier alpha value is -2.88. The first-order valence-corrected chi connectivity index (χ1v) is 7.73. The van der Waals surface area contributed by atoms with Gasteiger partial charge in [0.1, 0.15) is 5.69 Å². The Bertz CT molecular complexity index is 981. The highest BCUT2D eigenvalue weighted by molar-refractivity contribution is 7.16. The summed E-state index contributed by atoms with van der Waals surface area (Å²) in [6, 6.07) is 8.79. The summed E-state index contributed by atoms with van der Waals surface area (Å²) < 4.78 is 41.7. The molecule has 0 aliphatic heterocycles. The number of alkyl halides is 3. The fraction of sp³-hybridized carbons (Fsp3) is 0.133. The smallest absolute Gasteiger partial charge is 0.422 e. The average molecular weight is 369 g/mol. The van der Waals surface area contributed by atoms with E-state index in [-0.39, 0.29) is 16.4 Å². The molecule has 1 amide bonds. The van der Waals surface area contributed by atoms with Gasteiger partial charge in [0.25, 0.3) is 5.91 Å². The predicted molar refractivity (Wildman–Crippen MR) is 86.2 cm³/mol. The van der Waals surface area contributed by atoms with E-state index in [4.69, 9.17) is 0 Å². The van der Waals surface area contributed by atoms with Crippen LogP contribution in [-0.2, 0) is 0 Å². The molecule has 0 bridgehead atoms. The molecule has 130 valence electrons. The molecule has 0 unspecified atom stereocenters. The van der Waals surface area contributed by atoms with Gasteiger partial charge < -0.3 is 15.0 Å². The lowest BCUT2D eigenvalue weighted by Gasteiger charge is -2.09. The minimum atomic E-state index is -4.49. The van der Waals surface area contributed by atoms with Gasteiger partial charge in [-0.05, 0) is 24.3 Å². The number of hydrogen-bond donors (Lipinski definition) is 2. The second kappa shape index (κ2) is 6.55.